The van der Waals surface area contributed by atoms with Crippen LogP contribution in [-0.2, 0) is 4.79 Å². The van der Waals surface area contributed by atoms with E-state index in [1.807, 2.05) is 35.0 Å². The molecule has 2 aromatic carbocycles. The van der Waals surface area contributed by atoms with E-state index in [4.69, 9.17) is 11.6 Å². The maximum atomic E-state index is 13.7. The van der Waals surface area contributed by atoms with E-state index in [-0.39, 0.29) is 17.3 Å². The molecular formula is C19H16ClFN4OS. The molecule has 1 saturated carbocycles. The Labute approximate surface area is 164 Å². The number of halogens is 2. The fourth-order valence-electron chi connectivity index (χ4n) is 2.64. The summed E-state index contributed by atoms with van der Waals surface area (Å²) in [7, 11) is 0. The molecule has 3 aromatic rings. The SMILES string of the molecule is O=C(CSc1nc(C2CC2)n(-c2ccccc2)n1)Nc1cc(Cl)ccc1F. The van der Waals surface area contributed by atoms with Gasteiger partial charge in [0.05, 0.1) is 17.1 Å². The summed E-state index contributed by atoms with van der Waals surface area (Å²) >= 11 is 7.06. The Morgan fingerprint density at radius 1 is 1.26 bits per heavy atom. The number of nitrogens with one attached hydrogen (secondary N) is 1. The van der Waals surface area contributed by atoms with Crippen molar-refractivity contribution in [2.24, 2.45) is 0 Å². The van der Waals surface area contributed by atoms with Crippen molar-refractivity contribution in [1.82, 2.24) is 14.8 Å². The van der Waals surface area contributed by atoms with Crippen LogP contribution in [0.5, 0.6) is 0 Å². The summed E-state index contributed by atoms with van der Waals surface area (Å²) < 4.78 is 15.6. The number of anilines is 1. The van der Waals surface area contributed by atoms with Crippen LogP contribution in [0.1, 0.15) is 24.6 Å². The molecule has 1 N–H and O–H groups in total. The highest BCUT2D eigenvalue weighted by Crippen LogP contribution is 2.40. The summed E-state index contributed by atoms with van der Waals surface area (Å²) in [4.78, 5) is 16.8. The Kier molecular flexibility index (Phi) is 5.13. The summed E-state index contributed by atoms with van der Waals surface area (Å²) in [5.41, 5.74) is 1.01. The third-order valence-electron chi connectivity index (χ3n) is 4.09. The molecule has 0 spiro atoms. The topological polar surface area (TPSA) is 59.8 Å². The monoisotopic (exact) mass is 402 g/mol. The minimum Gasteiger partial charge on any atom is -0.323 e. The lowest BCUT2D eigenvalue weighted by Crippen LogP contribution is -2.15. The molecule has 1 fully saturated rings. The Bertz CT molecular complexity index is 975. The second-order valence-electron chi connectivity index (χ2n) is 6.24. The number of benzene rings is 2. The molecule has 5 nitrogen and oxygen atoms in total. The quantitative estimate of drug-likeness (QED) is 0.609. The van der Waals surface area contributed by atoms with E-state index in [1.54, 1.807) is 0 Å². The average molecular weight is 403 g/mol. The highest BCUT2D eigenvalue weighted by Gasteiger charge is 2.30. The molecule has 8 heteroatoms. The van der Waals surface area contributed by atoms with Gasteiger partial charge in [-0.1, -0.05) is 41.6 Å². The predicted molar refractivity (Wildman–Crippen MR) is 104 cm³/mol. The van der Waals surface area contributed by atoms with Gasteiger partial charge in [0.15, 0.2) is 0 Å². The fourth-order valence-corrected chi connectivity index (χ4v) is 3.44. The maximum Gasteiger partial charge on any atom is 0.234 e. The lowest BCUT2D eigenvalue weighted by Gasteiger charge is -2.05. The Morgan fingerprint density at radius 3 is 2.78 bits per heavy atom. The van der Waals surface area contributed by atoms with Crippen LogP contribution in [0.2, 0.25) is 5.02 Å². The first-order chi connectivity index (χ1) is 13.1. The molecular weight excluding hydrogens is 387 g/mol. The molecule has 138 valence electrons. The second-order valence-corrected chi connectivity index (χ2v) is 7.61. The van der Waals surface area contributed by atoms with Crippen LogP contribution in [0.4, 0.5) is 10.1 Å². The number of carbonyl (C=O) groups excluding carboxylic acids is 1. The molecule has 0 radical (unpaired) electrons. The highest BCUT2D eigenvalue weighted by atomic mass is 35.5. The number of hydrogen-bond acceptors (Lipinski definition) is 4. The predicted octanol–water partition coefficient (Wildman–Crippen LogP) is 4.67. The van der Waals surface area contributed by atoms with Gasteiger partial charge >= 0.3 is 0 Å². The molecule has 0 bridgehead atoms. The molecule has 0 atom stereocenters. The van der Waals surface area contributed by atoms with Gasteiger partial charge in [-0.3, -0.25) is 4.79 Å². The average Bonchev–Trinajstić information content (AvgIpc) is 3.43. The zero-order chi connectivity index (χ0) is 18.8. The molecule has 1 aliphatic rings. The number of nitrogens with zero attached hydrogens (tertiary/aromatic N) is 3. The van der Waals surface area contributed by atoms with Gasteiger partial charge in [0.1, 0.15) is 11.6 Å². The molecule has 1 aromatic heterocycles. The second kappa shape index (κ2) is 7.70. The lowest BCUT2D eigenvalue weighted by molar-refractivity contribution is -0.113. The largest absolute Gasteiger partial charge is 0.323 e. The van der Waals surface area contributed by atoms with Crippen molar-refractivity contribution in [1.29, 1.82) is 0 Å². The smallest absolute Gasteiger partial charge is 0.234 e. The van der Waals surface area contributed by atoms with Crippen LogP contribution in [0.25, 0.3) is 5.69 Å². The zero-order valence-electron chi connectivity index (χ0n) is 14.2. The molecule has 27 heavy (non-hydrogen) atoms. The standard InChI is InChI=1S/C19H16ClFN4OS/c20-13-8-9-15(21)16(10-13)22-17(26)11-27-19-23-18(12-6-7-12)25(24-19)14-4-2-1-3-5-14/h1-5,8-10,12H,6-7,11H2,(H,22,26). The zero-order valence-corrected chi connectivity index (χ0v) is 15.8. The van der Waals surface area contributed by atoms with Crippen molar-refractivity contribution in [3.05, 3.63) is 65.2 Å². The third-order valence-corrected chi connectivity index (χ3v) is 5.16. The minimum absolute atomic E-state index is 0.0644. The van der Waals surface area contributed by atoms with Gasteiger partial charge in [0.25, 0.3) is 0 Å². The van der Waals surface area contributed by atoms with Gasteiger partial charge < -0.3 is 5.32 Å². The van der Waals surface area contributed by atoms with E-state index < -0.39 is 5.82 Å². The number of hydrogen-bond donors (Lipinski definition) is 1. The molecule has 0 unspecified atom stereocenters. The molecule has 1 amide bonds. The van der Waals surface area contributed by atoms with Gasteiger partial charge in [0, 0.05) is 10.9 Å². The van der Waals surface area contributed by atoms with E-state index >= 15 is 0 Å². The molecule has 1 aliphatic carbocycles. The van der Waals surface area contributed by atoms with E-state index in [0.717, 1.165) is 24.4 Å². The Balaban J connectivity index is 1.45. The normalized spacial score (nSPS) is 13.6. The van der Waals surface area contributed by atoms with Crippen molar-refractivity contribution >= 4 is 35.0 Å². The van der Waals surface area contributed by atoms with Gasteiger partial charge in [-0.2, -0.15) is 0 Å². The van der Waals surface area contributed by atoms with Crippen LogP contribution in [0, 0.1) is 5.82 Å². The number of aromatic nitrogens is 3. The first kappa shape index (κ1) is 18.0. The number of amides is 1. The van der Waals surface area contributed by atoms with Gasteiger partial charge in [0.2, 0.25) is 11.1 Å². The summed E-state index contributed by atoms with van der Waals surface area (Å²) in [6, 6.07) is 13.8. The maximum absolute atomic E-state index is 13.7. The van der Waals surface area contributed by atoms with E-state index in [2.05, 4.69) is 15.4 Å². The number of rotatable bonds is 6. The first-order valence-electron chi connectivity index (χ1n) is 8.50. The molecule has 1 heterocycles. The van der Waals surface area contributed by atoms with Crippen LogP contribution < -0.4 is 5.32 Å². The van der Waals surface area contributed by atoms with E-state index in [1.165, 1.54) is 30.0 Å². The summed E-state index contributed by atoms with van der Waals surface area (Å²) in [5, 5.41) is 7.96. The van der Waals surface area contributed by atoms with Gasteiger partial charge in [-0.05, 0) is 43.2 Å². The molecule has 0 aliphatic heterocycles. The Hall–Kier alpha value is -2.38. The Morgan fingerprint density at radius 2 is 2.04 bits per heavy atom. The minimum atomic E-state index is -0.528. The lowest BCUT2D eigenvalue weighted by atomic mass is 10.3. The van der Waals surface area contributed by atoms with Crippen molar-refractivity contribution in [2.45, 2.75) is 23.9 Å². The number of carbonyl (C=O) groups is 1. The molecule has 4 rings (SSSR count). The first-order valence-corrected chi connectivity index (χ1v) is 9.86. The summed E-state index contributed by atoms with van der Waals surface area (Å²) in [6.45, 7) is 0. The van der Waals surface area contributed by atoms with Crippen molar-refractivity contribution in [2.75, 3.05) is 11.1 Å². The van der Waals surface area contributed by atoms with Crippen LogP contribution >= 0.6 is 23.4 Å². The van der Waals surface area contributed by atoms with Crippen LogP contribution in [0.3, 0.4) is 0 Å². The fraction of sp³-hybridized carbons (Fsp3) is 0.211. The number of para-hydroxylation sites is 1. The van der Waals surface area contributed by atoms with Gasteiger partial charge in [-0.25, -0.2) is 14.1 Å². The van der Waals surface area contributed by atoms with Gasteiger partial charge in [-0.15, -0.1) is 5.10 Å². The highest BCUT2D eigenvalue weighted by molar-refractivity contribution is 7.99. The van der Waals surface area contributed by atoms with E-state index in [9.17, 15) is 9.18 Å². The summed E-state index contributed by atoms with van der Waals surface area (Å²) in [5.74, 6) is 0.548. The van der Waals surface area contributed by atoms with Crippen molar-refractivity contribution in [3.8, 4) is 5.69 Å². The van der Waals surface area contributed by atoms with Crippen LogP contribution in [0.15, 0.2) is 53.7 Å². The molecule has 0 saturated heterocycles. The third kappa shape index (κ3) is 4.31. The van der Waals surface area contributed by atoms with Crippen molar-refractivity contribution in [3.63, 3.8) is 0 Å². The summed E-state index contributed by atoms with van der Waals surface area (Å²) in [6.07, 6.45) is 2.20. The van der Waals surface area contributed by atoms with Crippen LogP contribution in [-0.4, -0.2) is 26.4 Å². The van der Waals surface area contributed by atoms with Crippen molar-refractivity contribution < 1.29 is 9.18 Å². The van der Waals surface area contributed by atoms with E-state index in [0.29, 0.717) is 16.1 Å². The number of thioether (sulfide) groups is 1.